The Bertz CT molecular complexity index is 878. The van der Waals surface area contributed by atoms with Gasteiger partial charge in [-0.05, 0) is 29.7 Å². The first-order valence-corrected chi connectivity index (χ1v) is 8.51. The average Bonchev–Trinajstić information content (AvgIpc) is 2.96. The molecule has 3 amide bonds. The summed E-state index contributed by atoms with van der Waals surface area (Å²) in [7, 11) is 0. The van der Waals surface area contributed by atoms with Crippen molar-refractivity contribution in [2.24, 2.45) is 0 Å². The van der Waals surface area contributed by atoms with Gasteiger partial charge in [0.1, 0.15) is 5.82 Å². The van der Waals surface area contributed by atoms with Crippen molar-refractivity contribution in [3.63, 3.8) is 0 Å². The van der Waals surface area contributed by atoms with E-state index < -0.39 is 6.04 Å². The van der Waals surface area contributed by atoms with E-state index in [1.807, 2.05) is 30.3 Å². The molecule has 0 bridgehead atoms. The van der Waals surface area contributed by atoms with Gasteiger partial charge in [-0.15, -0.1) is 0 Å². The van der Waals surface area contributed by atoms with Crippen LogP contribution in [0.25, 0.3) is 0 Å². The third kappa shape index (κ3) is 3.06. The number of urea groups is 1. The molecule has 0 fully saturated rings. The van der Waals surface area contributed by atoms with E-state index in [0.29, 0.717) is 29.9 Å². The molecule has 5 nitrogen and oxygen atoms in total. The van der Waals surface area contributed by atoms with Crippen LogP contribution in [0.2, 0.25) is 0 Å². The Labute approximate surface area is 150 Å². The number of rotatable bonds is 4. The lowest BCUT2D eigenvalue weighted by molar-refractivity contribution is -0.125. The van der Waals surface area contributed by atoms with E-state index in [0.717, 1.165) is 12.0 Å². The maximum atomic E-state index is 13.2. The van der Waals surface area contributed by atoms with Crippen molar-refractivity contribution < 1.29 is 14.0 Å². The third-order valence-corrected chi connectivity index (χ3v) is 4.74. The molecule has 26 heavy (non-hydrogen) atoms. The number of hydrogen-bond donors (Lipinski definition) is 2. The number of carbonyl (C=O) groups is 2. The summed E-state index contributed by atoms with van der Waals surface area (Å²) in [6.07, 6.45) is 0.746. The van der Waals surface area contributed by atoms with Gasteiger partial charge < -0.3 is 15.5 Å². The molecule has 2 aliphatic rings. The molecule has 0 spiro atoms. The summed E-state index contributed by atoms with van der Waals surface area (Å²) in [5, 5.41) is 5.51. The minimum Gasteiger partial charge on any atom is -0.333 e. The predicted octanol–water partition coefficient (Wildman–Crippen LogP) is 2.52. The summed E-state index contributed by atoms with van der Waals surface area (Å²) in [4.78, 5) is 26.6. The first-order valence-electron chi connectivity index (χ1n) is 8.51. The highest BCUT2D eigenvalue weighted by molar-refractivity contribution is 6.01. The molecule has 1 unspecified atom stereocenters. The van der Waals surface area contributed by atoms with E-state index >= 15 is 0 Å². The Balaban J connectivity index is 1.55. The van der Waals surface area contributed by atoms with Crippen molar-refractivity contribution >= 4 is 11.9 Å². The second-order valence-corrected chi connectivity index (χ2v) is 6.44. The van der Waals surface area contributed by atoms with Crippen LogP contribution in [0.1, 0.15) is 17.2 Å². The number of amides is 3. The Morgan fingerprint density at radius 2 is 1.77 bits per heavy atom. The van der Waals surface area contributed by atoms with E-state index in [-0.39, 0.29) is 17.8 Å². The summed E-state index contributed by atoms with van der Waals surface area (Å²) in [6.45, 7) is 0.952. The highest BCUT2D eigenvalue weighted by Crippen LogP contribution is 2.32. The minimum atomic E-state index is -0.562. The number of halogens is 1. The zero-order valence-corrected chi connectivity index (χ0v) is 14.0. The molecule has 132 valence electrons. The molecule has 0 radical (unpaired) electrons. The Hall–Kier alpha value is -3.15. The maximum Gasteiger partial charge on any atom is 0.319 e. The number of hydrogen-bond acceptors (Lipinski definition) is 2. The van der Waals surface area contributed by atoms with Gasteiger partial charge in [0.05, 0.1) is 23.9 Å². The topological polar surface area (TPSA) is 61.4 Å². The lowest BCUT2D eigenvalue weighted by atomic mass is 9.96. The van der Waals surface area contributed by atoms with Gasteiger partial charge in [0.25, 0.3) is 5.91 Å². The van der Waals surface area contributed by atoms with Crippen LogP contribution in [-0.4, -0.2) is 29.9 Å². The molecule has 1 atom stereocenters. The standard InChI is InChI=1S/C20H18FN3O2/c21-15-8-6-14(7-9-15)18-17-16(22-20(26)23-18)12-24(19(17)25)11-10-13-4-2-1-3-5-13/h1-9,18H,10-12H2,(H2,22,23,26). The Morgan fingerprint density at radius 3 is 2.50 bits per heavy atom. The predicted molar refractivity (Wildman–Crippen MR) is 94.6 cm³/mol. The van der Waals surface area contributed by atoms with Crippen molar-refractivity contribution in [2.75, 3.05) is 13.1 Å². The van der Waals surface area contributed by atoms with Crippen LogP contribution in [0, 0.1) is 5.82 Å². The van der Waals surface area contributed by atoms with Crippen molar-refractivity contribution in [3.05, 3.63) is 82.8 Å². The van der Waals surface area contributed by atoms with Crippen molar-refractivity contribution in [3.8, 4) is 0 Å². The molecule has 6 heteroatoms. The fourth-order valence-electron chi connectivity index (χ4n) is 3.42. The molecule has 2 aromatic carbocycles. The van der Waals surface area contributed by atoms with Gasteiger partial charge >= 0.3 is 6.03 Å². The first-order chi connectivity index (χ1) is 12.6. The van der Waals surface area contributed by atoms with Gasteiger partial charge in [-0.3, -0.25) is 4.79 Å². The summed E-state index contributed by atoms with van der Waals surface area (Å²) < 4.78 is 13.2. The van der Waals surface area contributed by atoms with E-state index in [1.54, 1.807) is 17.0 Å². The molecule has 0 saturated heterocycles. The van der Waals surface area contributed by atoms with Crippen LogP contribution < -0.4 is 10.6 Å². The molecule has 4 rings (SSSR count). The zero-order valence-electron chi connectivity index (χ0n) is 14.0. The monoisotopic (exact) mass is 351 g/mol. The van der Waals surface area contributed by atoms with Crippen LogP contribution in [0.5, 0.6) is 0 Å². The fraction of sp³-hybridized carbons (Fsp3) is 0.200. The number of nitrogens with one attached hydrogen (secondary N) is 2. The molecule has 2 N–H and O–H groups in total. The fourth-order valence-corrected chi connectivity index (χ4v) is 3.42. The van der Waals surface area contributed by atoms with Crippen molar-refractivity contribution in [1.82, 2.24) is 15.5 Å². The van der Waals surface area contributed by atoms with E-state index in [1.165, 1.54) is 12.1 Å². The van der Waals surface area contributed by atoms with Gasteiger partial charge in [-0.25, -0.2) is 9.18 Å². The van der Waals surface area contributed by atoms with Gasteiger partial charge in [0.15, 0.2) is 0 Å². The van der Waals surface area contributed by atoms with E-state index in [2.05, 4.69) is 10.6 Å². The summed E-state index contributed by atoms with van der Waals surface area (Å²) in [5.74, 6) is -0.455. The van der Waals surface area contributed by atoms with Crippen LogP contribution in [0.3, 0.4) is 0 Å². The molecule has 2 aliphatic heterocycles. The van der Waals surface area contributed by atoms with Crippen LogP contribution in [-0.2, 0) is 11.2 Å². The molecule has 2 aromatic rings. The normalized spacial score (nSPS) is 19.3. The Kier molecular flexibility index (Phi) is 4.16. The minimum absolute atomic E-state index is 0.0993. The lowest BCUT2D eigenvalue weighted by Gasteiger charge is -2.25. The van der Waals surface area contributed by atoms with Crippen LogP contribution in [0.4, 0.5) is 9.18 Å². The first kappa shape index (κ1) is 16.3. The Morgan fingerprint density at radius 1 is 1.04 bits per heavy atom. The summed E-state index contributed by atoms with van der Waals surface area (Å²) >= 11 is 0. The van der Waals surface area contributed by atoms with Gasteiger partial charge in [0.2, 0.25) is 0 Å². The van der Waals surface area contributed by atoms with Gasteiger partial charge in [0, 0.05) is 6.54 Å². The average molecular weight is 351 g/mol. The van der Waals surface area contributed by atoms with Crippen LogP contribution in [0.15, 0.2) is 65.9 Å². The van der Waals surface area contributed by atoms with Crippen molar-refractivity contribution in [1.29, 1.82) is 0 Å². The molecule has 0 aliphatic carbocycles. The molecule has 0 aromatic heterocycles. The second kappa shape index (κ2) is 6.63. The zero-order chi connectivity index (χ0) is 18.1. The molecular formula is C20H18FN3O2. The maximum absolute atomic E-state index is 13.2. The van der Waals surface area contributed by atoms with Gasteiger partial charge in [-0.1, -0.05) is 42.5 Å². The highest BCUT2D eigenvalue weighted by atomic mass is 19.1. The number of nitrogens with zero attached hydrogens (tertiary/aromatic N) is 1. The quantitative estimate of drug-likeness (QED) is 0.889. The molecule has 0 saturated carbocycles. The second-order valence-electron chi connectivity index (χ2n) is 6.44. The summed E-state index contributed by atoms with van der Waals surface area (Å²) in [5.41, 5.74) is 3.00. The largest absolute Gasteiger partial charge is 0.333 e. The molecular weight excluding hydrogens is 333 g/mol. The smallest absolute Gasteiger partial charge is 0.319 e. The van der Waals surface area contributed by atoms with Crippen LogP contribution >= 0.6 is 0 Å². The third-order valence-electron chi connectivity index (χ3n) is 4.74. The van der Waals surface area contributed by atoms with E-state index in [9.17, 15) is 14.0 Å². The molecule has 2 heterocycles. The number of benzene rings is 2. The summed E-state index contributed by atoms with van der Waals surface area (Å²) in [6, 6.07) is 14.9. The highest BCUT2D eigenvalue weighted by Gasteiger charge is 2.40. The lowest BCUT2D eigenvalue weighted by Crippen LogP contribution is -2.44. The van der Waals surface area contributed by atoms with Crippen molar-refractivity contribution in [2.45, 2.75) is 12.5 Å². The number of carbonyl (C=O) groups excluding carboxylic acids is 2. The SMILES string of the molecule is O=C1NC2=C(C(=O)N(CCc3ccccc3)C2)C(c2ccc(F)cc2)N1. The van der Waals surface area contributed by atoms with Gasteiger partial charge in [-0.2, -0.15) is 0 Å². The van der Waals surface area contributed by atoms with E-state index in [4.69, 9.17) is 0 Å².